The summed E-state index contributed by atoms with van der Waals surface area (Å²) in [6, 6.07) is 14.7. The first-order valence-electron chi connectivity index (χ1n) is 11.2. The average molecular weight is 469 g/mol. The number of hydrogen-bond donors (Lipinski definition) is 2. The van der Waals surface area contributed by atoms with E-state index >= 15 is 0 Å². The van der Waals surface area contributed by atoms with Gasteiger partial charge in [0.2, 0.25) is 0 Å². The molecule has 3 heterocycles. The molecule has 35 heavy (non-hydrogen) atoms. The van der Waals surface area contributed by atoms with E-state index < -0.39 is 6.04 Å². The number of rotatable bonds is 6. The lowest BCUT2D eigenvalue weighted by atomic mass is 10.1. The van der Waals surface area contributed by atoms with Crippen LogP contribution in [0.25, 0.3) is 28.0 Å². The quantitative estimate of drug-likeness (QED) is 0.379. The first-order chi connectivity index (χ1) is 17.0. The van der Waals surface area contributed by atoms with Gasteiger partial charge < -0.3 is 15.6 Å². The molecule has 0 saturated carbocycles. The second-order valence-corrected chi connectivity index (χ2v) is 8.15. The van der Waals surface area contributed by atoms with Crippen LogP contribution in [-0.4, -0.2) is 29.7 Å². The van der Waals surface area contributed by atoms with Crippen molar-refractivity contribution in [3.05, 3.63) is 82.4 Å². The zero-order valence-corrected chi connectivity index (χ0v) is 19.6. The maximum Gasteiger partial charge on any atom is 0.266 e. The lowest BCUT2D eigenvalue weighted by molar-refractivity contribution is 0.425. The second-order valence-electron chi connectivity index (χ2n) is 8.15. The van der Waals surface area contributed by atoms with Crippen LogP contribution in [0.3, 0.4) is 0 Å². The first-order valence-corrected chi connectivity index (χ1v) is 11.2. The summed E-state index contributed by atoms with van der Waals surface area (Å²) in [7, 11) is 0. The SMILES string of the molecule is CC[C@H](Nc1ncnc(N)c1-c1nc(C)no1)c1nc2cccc(C)c2c(=O)n1-c1ccccc1. The number of aryl methyl sites for hydroxylation is 2. The van der Waals surface area contributed by atoms with Gasteiger partial charge in [0.25, 0.3) is 11.4 Å². The monoisotopic (exact) mass is 468 g/mol. The Hall–Kier alpha value is -4.60. The maximum atomic E-state index is 13.8. The number of hydrogen-bond acceptors (Lipinski definition) is 9. The third-order valence-corrected chi connectivity index (χ3v) is 5.80. The van der Waals surface area contributed by atoms with Gasteiger partial charge in [-0.25, -0.2) is 15.0 Å². The van der Waals surface area contributed by atoms with Crippen molar-refractivity contribution in [1.82, 2.24) is 29.7 Å². The fourth-order valence-electron chi connectivity index (χ4n) is 4.11. The summed E-state index contributed by atoms with van der Waals surface area (Å²) < 4.78 is 6.99. The number of aromatic nitrogens is 6. The number of nitrogens with one attached hydrogen (secondary N) is 1. The summed E-state index contributed by atoms with van der Waals surface area (Å²) in [6.45, 7) is 5.63. The number of nitrogen functional groups attached to an aromatic ring is 1. The minimum atomic E-state index is -0.398. The summed E-state index contributed by atoms with van der Waals surface area (Å²) in [4.78, 5) is 31.5. The standard InChI is InChI=1S/C25H24N8O2/c1-4-17(30-22-20(21(26)27-13-28-22)24-29-15(3)32-35-24)23-31-18-12-8-9-14(2)19(18)25(34)33(23)16-10-6-5-7-11-16/h5-13,17H,4H2,1-3H3,(H3,26,27,28,30)/t17-/m0/s1. The van der Waals surface area contributed by atoms with Crippen LogP contribution in [0.15, 0.2) is 64.2 Å². The normalized spacial score (nSPS) is 12.1. The van der Waals surface area contributed by atoms with Crippen molar-refractivity contribution in [2.45, 2.75) is 33.2 Å². The van der Waals surface area contributed by atoms with Crippen LogP contribution >= 0.6 is 0 Å². The van der Waals surface area contributed by atoms with Crippen LogP contribution in [0.2, 0.25) is 0 Å². The fraction of sp³-hybridized carbons (Fsp3) is 0.200. The molecule has 10 nitrogen and oxygen atoms in total. The van der Waals surface area contributed by atoms with Crippen molar-refractivity contribution < 1.29 is 4.52 Å². The van der Waals surface area contributed by atoms with Gasteiger partial charge in [0.15, 0.2) is 5.82 Å². The van der Waals surface area contributed by atoms with Crippen LogP contribution in [0.1, 0.15) is 36.6 Å². The molecular formula is C25H24N8O2. The summed E-state index contributed by atoms with van der Waals surface area (Å²) >= 11 is 0. The number of nitrogens with zero attached hydrogens (tertiary/aromatic N) is 6. The molecule has 3 aromatic heterocycles. The molecule has 0 radical (unpaired) electrons. The lowest BCUT2D eigenvalue weighted by Gasteiger charge is -2.23. The molecule has 0 spiro atoms. The van der Waals surface area contributed by atoms with Gasteiger partial charge in [-0.3, -0.25) is 9.36 Å². The molecule has 0 saturated heterocycles. The summed E-state index contributed by atoms with van der Waals surface area (Å²) in [5.41, 5.74) is 8.65. The van der Waals surface area contributed by atoms with Crippen LogP contribution < -0.4 is 16.6 Å². The number of benzene rings is 2. The van der Waals surface area contributed by atoms with Crippen molar-refractivity contribution in [2.75, 3.05) is 11.1 Å². The van der Waals surface area contributed by atoms with E-state index in [4.69, 9.17) is 15.2 Å². The molecule has 3 N–H and O–H groups in total. The Morgan fingerprint density at radius 2 is 1.86 bits per heavy atom. The Kier molecular flexibility index (Phi) is 5.69. The van der Waals surface area contributed by atoms with Gasteiger partial charge in [0.1, 0.15) is 29.4 Å². The number of para-hydroxylation sites is 1. The maximum absolute atomic E-state index is 13.8. The number of fused-ring (bicyclic) bond motifs is 1. The van der Waals surface area contributed by atoms with Gasteiger partial charge in [0, 0.05) is 0 Å². The highest BCUT2D eigenvalue weighted by Gasteiger charge is 2.24. The highest BCUT2D eigenvalue weighted by atomic mass is 16.5. The lowest BCUT2D eigenvalue weighted by Crippen LogP contribution is -2.28. The predicted octanol–water partition coefficient (Wildman–Crippen LogP) is 3.99. The second kappa shape index (κ2) is 8.98. The molecule has 2 aromatic carbocycles. The third-order valence-electron chi connectivity index (χ3n) is 5.80. The van der Waals surface area contributed by atoms with Gasteiger partial charge in [0.05, 0.1) is 22.6 Å². The van der Waals surface area contributed by atoms with Gasteiger partial charge in [-0.1, -0.05) is 42.4 Å². The van der Waals surface area contributed by atoms with Crippen molar-refractivity contribution in [1.29, 1.82) is 0 Å². The summed E-state index contributed by atoms with van der Waals surface area (Å²) in [6.07, 6.45) is 1.96. The molecular weight excluding hydrogens is 444 g/mol. The van der Waals surface area contributed by atoms with Gasteiger partial charge >= 0.3 is 0 Å². The zero-order valence-electron chi connectivity index (χ0n) is 19.6. The van der Waals surface area contributed by atoms with E-state index in [1.807, 2.05) is 62.4 Å². The Labute approximate surface area is 200 Å². The smallest absolute Gasteiger partial charge is 0.266 e. The van der Waals surface area contributed by atoms with E-state index in [0.717, 1.165) is 11.3 Å². The van der Waals surface area contributed by atoms with E-state index in [-0.39, 0.29) is 17.3 Å². The molecule has 176 valence electrons. The average Bonchev–Trinajstić information content (AvgIpc) is 3.28. The first kappa shape index (κ1) is 22.2. The minimum Gasteiger partial charge on any atom is -0.383 e. The van der Waals surface area contributed by atoms with E-state index in [9.17, 15) is 4.79 Å². The number of nitrogens with two attached hydrogens (primary N) is 1. The Morgan fingerprint density at radius 1 is 1.06 bits per heavy atom. The molecule has 0 aliphatic rings. The molecule has 5 rings (SSSR count). The third kappa shape index (κ3) is 3.99. The number of anilines is 2. The summed E-state index contributed by atoms with van der Waals surface area (Å²) in [5, 5.41) is 7.84. The molecule has 0 aliphatic heterocycles. The molecule has 10 heteroatoms. The van der Waals surface area contributed by atoms with Crippen molar-refractivity contribution in [2.24, 2.45) is 0 Å². The van der Waals surface area contributed by atoms with Crippen LogP contribution in [0.5, 0.6) is 0 Å². The minimum absolute atomic E-state index is 0.135. The van der Waals surface area contributed by atoms with Crippen molar-refractivity contribution >= 4 is 22.5 Å². The van der Waals surface area contributed by atoms with Gasteiger partial charge in [-0.2, -0.15) is 4.98 Å². The molecule has 0 bridgehead atoms. The van der Waals surface area contributed by atoms with Crippen LogP contribution in [0.4, 0.5) is 11.6 Å². The highest BCUT2D eigenvalue weighted by Crippen LogP contribution is 2.32. The van der Waals surface area contributed by atoms with Gasteiger partial charge in [-0.05, 0) is 44.0 Å². The molecule has 0 unspecified atom stereocenters. The van der Waals surface area contributed by atoms with Crippen molar-refractivity contribution in [3.8, 4) is 17.1 Å². The predicted molar refractivity (Wildman–Crippen MR) is 133 cm³/mol. The van der Waals surface area contributed by atoms with E-state index in [0.29, 0.717) is 40.4 Å². The topological polar surface area (TPSA) is 138 Å². The van der Waals surface area contributed by atoms with E-state index in [1.165, 1.54) is 6.33 Å². The zero-order chi connectivity index (χ0) is 24.5. The highest BCUT2D eigenvalue weighted by molar-refractivity contribution is 5.82. The fourth-order valence-corrected chi connectivity index (χ4v) is 4.11. The molecule has 1 atom stereocenters. The molecule has 0 fully saturated rings. The summed E-state index contributed by atoms with van der Waals surface area (Å²) in [5.74, 6) is 1.83. The van der Waals surface area contributed by atoms with Crippen molar-refractivity contribution in [3.63, 3.8) is 0 Å². The van der Waals surface area contributed by atoms with Gasteiger partial charge in [-0.15, -0.1) is 0 Å². The van der Waals surface area contributed by atoms with E-state index in [2.05, 4.69) is 25.4 Å². The van der Waals surface area contributed by atoms with Crippen LogP contribution in [-0.2, 0) is 0 Å². The molecule has 0 amide bonds. The Balaban J connectivity index is 1.71. The Bertz CT molecular complexity index is 1580. The molecule has 0 aliphatic carbocycles. The Morgan fingerprint density at radius 3 is 2.57 bits per heavy atom. The largest absolute Gasteiger partial charge is 0.383 e. The van der Waals surface area contributed by atoms with Crippen LogP contribution in [0, 0.1) is 13.8 Å². The molecule has 5 aromatic rings. The van der Waals surface area contributed by atoms with E-state index in [1.54, 1.807) is 11.5 Å².